The first-order chi connectivity index (χ1) is 18.0. The van der Waals surface area contributed by atoms with Crippen LogP contribution in [0.1, 0.15) is 49.9 Å². The largest absolute Gasteiger partial charge is 0.508 e. The minimum absolute atomic E-state index is 0.0278. The SMILES string of the molecule is C#Cc1c(F)ccc2cc(O)cc(-c3nc(CC)c4c(N5C[C@@H]6CCC5CN6)nn(C5CC5)c4c3F)c12. The summed E-state index contributed by atoms with van der Waals surface area (Å²) in [5.74, 6) is 2.07. The highest BCUT2D eigenvalue weighted by atomic mass is 19.1. The summed E-state index contributed by atoms with van der Waals surface area (Å²) in [6, 6.07) is 6.60. The fourth-order valence-corrected chi connectivity index (χ4v) is 6.19. The number of rotatable bonds is 4. The lowest BCUT2D eigenvalue weighted by Gasteiger charge is -2.46. The summed E-state index contributed by atoms with van der Waals surface area (Å²) in [4.78, 5) is 7.16. The van der Waals surface area contributed by atoms with E-state index in [0.717, 1.165) is 55.7 Å². The summed E-state index contributed by atoms with van der Waals surface area (Å²) in [6.07, 6.45) is 10.4. The molecular weight excluding hydrogens is 472 g/mol. The second kappa shape index (κ2) is 8.15. The zero-order chi connectivity index (χ0) is 25.4. The number of aryl methyl sites for hydroxylation is 1. The summed E-state index contributed by atoms with van der Waals surface area (Å²) in [7, 11) is 0. The van der Waals surface area contributed by atoms with Crippen molar-refractivity contribution < 1.29 is 13.9 Å². The molecule has 0 amide bonds. The minimum Gasteiger partial charge on any atom is -0.508 e. The number of anilines is 1. The van der Waals surface area contributed by atoms with Gasteiger partial charge < -0.3 is 15.3 Å². The molecule has 4 aliphatic rings. The third-order valence-electron chi connectivity index (χ3n) is 8.14. The van der Waals surface area contributed by atoms with Gasteiger partial charge in [-0.25, -0.2) is 13.8 Å². The fraction of sp³-hybridized carbons (Fsp3) is 0.379. The Morgan fingerprint density at radius 2 is 1.95 bits per heavy atom. The van der Waals surface area contributed by atoms with Crippen LogP contribution < -0.4 is 10.2 Å². The molecule has 0 spiro atoms. The molecule has 2 aromatic carbocycles. The summed E-state index contributed by atoms with van der Waals surface area (Å²) in [5.41, 5.74) is 1.53. The molecular formula is C29H27F2N5O. The fourth-order valence-electron chi connectivity index (χ4n) is 6.19. The zero-order valence-corrected chi connectivity index (χ0v) is 20.6. The Morgan fingerprint density at radius 1 is 1.14 bits per heavy atom. The number of benzene rings is 2. The van der Waals surface area contributed by atoms with Crippen LogP contribution in [0.25, 0.3) is 32.9 Å². The van der Waals surface area contributed by atoms with Gasteiger partial charge in [0.05, 0.1) is 22.7 Å². The number of phenolic OH excluding ortho intramolecular Hbond substituents is 1. The van der Waals surface area contributed by atoms with Crippen LogP contribution in [0.4, 0.5) is 14.6 Å². The number of terminal acetylenes is 1. The summed E-state index contributed by atoms with van der Waals surface area (Å²) < 4.78 is 33.3. The van der Waals surface area contributed by atoms with E-state index in [4.69, 9.17) is 16.5 Å². The highest BCUT2D eigenvalue weighted by Crippen LogP contribution is 2.45. The highest BCUT2D eigenvalue weighted by molar-refractivity contribution is 6.03. The van der Waals surface area contributed by atoms with Crippen LogP contribution in [0.5, 0.6) is 5.75 Å². The number of nitrogens with zero attached hydrogens (tertiary/aromatic N) is 4. The number of aromatic nitrogens is 3. The van der Waals surface area contributed by atoms with Crippen LogP contribution in [0.15, 0.2) is 24.3 Å². The Labute approximate surface area is 213 Å². The number of hydrogen-bond acceptors (Lipinski definition) is 5. The average molecular weight is 500 g/mol. The van der Waals surface area contributed by atoms with E-state index < -0.39 is 11.6 Å². The third-order valence-corrected chi connectivity index (χ3v) is 8.14. The van der Waals surface area contributed by atoms with Gasteiger partial charge in [-0.05, 0) is 55.7 Å². The van der Waals surface area contributed by atoms with Crippen LogP contribution in [-0.4, -0.2) is 45.0 Å². The first kappa shape index (κ1) is 22.5. The molecule has 188 valence electrons. The lowest BCUT2D eigenvalue weighted by atomic mass is 9.92. The van der Waals surface area contributed by atoms with Gasteiger partial charge in [0.1, 0.15) is 22.8 Å². The number of fused-ring (bicyclic) bond motifs is 5. The van der Waals surface area contributed by atoms with E-state index >= 15 is 4.39 Å². The van der Waals surface area contributed by atoms with Crippen LogP contribution >= 0.6 is 0 Å². The molecule has 8 heteroatoms. The van der Waals surface area contributed by atoms with Gasteiger partial charge in [-0.15, -0.1) is 6.42 Å². The number of aromatic hydroxyl groups is 1. The Balaban J connectivity index is 1.54. The number of pyridine rings is 1. The highest BCUT2D eigenvalue weighted by Gasteiger charge is 2.39. The van der Waals surface area contributed by atoms with Crippen molar-refractivity contribution in [2.45, 2.75) is 57.2 Å². The topological polar surface area (TPSA) is 66.2 Å². The van der Waals surface area contributed by atoms with E-state index in [9.17, 15) is 9.50 Å². The molecule has 0 radical (unpaired) electrons. The number of piperazine rings is 1. The van der Waals surface area contributed by atoms with Gasteiger partial charge in [0, 0.05) is 36.1 Å². The van der Waals surface area contributed by atoms with Crippen LogP contribution in [0.3, 0.4) is 0 Å². The van der Waals surface area contributed by atoms with Gasteiger partial charge >= 0.3 is 0 Å². The third kappa shape index (κ3) is 3.33. The molecule has 6 nitrogen and oxygen atoms in total. The van der Waals surface area contributed by atoms with Crippen molar-refractivity contribution in [2.24, 2.45) is 0 Å². The first-order valence-electron chi connectivity index (χ1n) is 13.0. The van der Waals surface area contributed by atoms with Crippen molar-refractivity contribution >= 4 is 27.5 Å². The maximum atomic E-state index is 16.7. The van der Waals surface area contributed by atoms with E-state index in [0.29, 0.717) is 34.8 Å². The molecule has 2 aromatic heterocycles. The van der Waals surface area contributed by atoms with Crippen LogP contribution in [-0.2, 0) is 6.42 Å². The van der Waals surface area contributed by atoms with E-state index in [2.05, 4.69) is 16.1 Å². The predicted octanol–water partition coefficient (Wildman–Crippen LogP) is 5.05. The molecule has 1 aliphatic carbocycles. The van der Waals surface area contributed by atoms with Crippen molar-refractivity contribution in [3.63, 3.8) is 0 Å². The van der Waals surface area contributed by atoms with Crippen molar-refractivity contribution in [2.75, 3.05) is 18.0 Å². The Morgan fingerprint density at radius 3 is 2.59 bits per heavy atom. The van der Waals surface area contributed by atoms with Gasteiger partial charge in [0.2, 0.25) is 0 Å². The number of nitrogens with one attached hydrogen (secondary N) is 1. The molecule has 2 bridgehead atoms. The Bertz CT molecular complexity index is 1630. The number of halogens is 2. The molecule has 1 unspecified atom stereocenters. The minimum atomic E-state index is -0.571. The summed E-state index contributed by atoms with van der Waals surface area (Å²) in [5, 5.41) is 20.7. The van der Waals surface area contributed by atoms with E-state index in [1.165, 1.54) is 24.3 Å². The average Bonchev–Trinajstić information content (AvgIpc) is 3.69. The molecule has 1 saturated carbocycles. The van der Waals surface area contributed by atoms with Crippen molar-refractivity contribution in [3.05, 3.63) is 47.2 Å². The quantitative estimate of drug-likeness (QED) is 0.385. The lowest BCUT2D eigenvalue weighted by Crippen LogP contribution is -2.61. The monoisotopic (exact) mass is 499 g/mol. The van der Waals surface area contributed by atoms with Crippen molar-refractivity contribution in [1.82, 2.24) is 20.1 Å². The van der Waals surface area contributed by atoms with E-state index in [1.54, 1.807) is 0 Å². The first-order valence-corrected chi connectivity index (χ1v) is 13.0. The number of phenols is 1. The molecule has 8 rings (SSSR count). The summed E-state index contributed by atoms with van der Waals surface area (Å²) in [6.45, 7) is 3.74. The molecule has 3 saturated heterocycles. The van der Waals surface area contributed by atoms with Crippen LogP contribution in [0.2, 0.25) is 0 Å². The van der Waals surface area contributed by atoms with Crippen LogP contribution in [0, 0.1) is 24.0 Å². The summed E-state index contributed by atoms with van der Waals surface area (Å²) >= 11 is 0. The Kier molecular flexibility index (Phi) is 4.96. The predicted molar refractivity (Wildman–Crippen MR) is 140 cm³/mol. The molecule has 4 aromatic rings. The smallest absolute Gasteiger partial charge is 0.175 e. The molecule has 2 atom stereocenters. The maximum Gasteiger partial charge on any atom is 0.175 e. The number of piperidine rings is 2. The Hall–Kier alpha value is -3.70. The van der Waals surface area contributed by atoms with Gasteiger partial charge in [0.15, 0.2) is 11.6 Å². The number of hydrogen-bond donors (Lipinski definition) is 2. The molecule has 3 aliphatic heterocycles. The lowest BCUT2D eigenvalue weighted by molar-refractivity contribution is 0.288. The van der Waals surface area contributed by atoms with Gasteiger partial charge in [-0.3, -0.25) is 4.68 Å². The maximum absolute atomic E-state index is 16.7. The standard InChI is InChI=1S/C29H27F2N5O/c1-3-20-22(30)10-5-15-11-19(37)12-21(24(15)20)27-26(31)28-25(23(4-2)33-27)29(34-36(28)17-8-9-17)35-14-16-6-7-18(35)13-32-16/h1,5,10-12,16-18,32,37H,4,6-9,13-14H2,2H3/t16-,18?/m0/s1. The molecule has 5 heterocycles. The van der Waals surface area contributed by atoms with Gasteiger partial charge in [0.25, 0.3) is 0 Å². The van der Waals surface area contributed by atoms with Crippen molar-refractivity contribution in [3.8, 4) is 29.4 Å². The zero-order valence-electron chi connectivity index (χ0n) is 20.6. The van der Waals surface area contributed by atoms with Gasteiger partial charge in [-0.1, -0.05) is 18.9 Å². The van der Waals surface area contributed by atoms with Gasteiger partial charge in [-0.2, -0.15) is 5.10 Å². The normalized spacial score (nSPS) is 21.2. The second-order valence-corrected chi connectivity index (χ2v) is 10.4. The second-order valence-electron chi connectivity index (χ2n) is 10.4. The molecule has 37 heavy (non-hydrogen) atoms. The van der Waals surface area contributed by atoms with E-state index in [1.807, 2.05) is 11.6 Å². The van der Waals surface area contributed by atoms with Crippen molar-refractivity contribution in [1.29, 1.82) is 0 Å². The molecule has 4 fully saturated rings. The molecule has 2 N–H and O–H groups in total. The van der Waals surface area contributed by atoms with E-state index in [-0.39, 0.29) is 28.6 Å².